The third kappa shape index (κ3) is 4.43. The van der Waals surface area contributed by atoms with E-state index in [0.29, 0.717) is 6.42 Å². The number of hydrogen-bond donors (Lipinski definition) is 1. The van der Waals surface area contributed by atoms with Crippen molar-refractivity contribution in [2.24, 2.45) is 0 Å². The van der Waals surface area contributed by atoms with Crippen LogP contribution in [0.4, 0.5) is 0 Å². The van der Waals surface area contributed by atoms with Gasteiger partial charge < -0.3 is 5.11 Å². The number of rotatable bonds is 3. The van der Waals surface area contributed by atoms with Crippen LogP contribution in [0.15, 0.2) is 30.3 Å². The fraction of sp³-hybridized carbons (Fsp3) is 0.364. The Labute approximate surface area is 79.2 Å². The molecule has 0 saturated carbocycles. The van der Waals surface area contributed by atoms with Gasteiger partial charge in [-0.2, -0.15) is 0 Å². The smallest absolute Gasteiger partial charge is 0.162 e. The first-order chi connectivity index (χ1) is 6.34. The van der Waals surface area contributed by atoms with Gasteiger partial charge >= 0.3 is 0 Å². The fourth-order valence-electron chi connectivity index (χ4n) is 0.995. The second-order valence-corrected chi connectivity index (χ2v) is 2.54. The lowest BCUT2D eigenvalue weighted by Gasteiger charge is -1.96. The molecule has 0 aliphatic heterocycles. The van der Waals surface area contributed by atoms with Gasteiger partial charge in [-0.3, -0.25) is 4.79 Å². The molecule has 0 spiro atoms. The van der Waals surface area contributed by atoms with Gasteiger partial charge in [0.15, 0.2) is 5.78 Å². The van der Waals surface area contributed by atoms with Gasteiger partial charge in [-0.1, -0.05) is 37.3 Å². The van der Waals surface area contributed by atoms with Crippen LogP contribution in [0.25, 0.3) is 0 Å². The molecule has 0 fully saturated rings. The summed E-state index contributed by atoms with van der Waals surface area (Å²) in [5, 5.41) is 7.00. The molecule has 2 nitrogen and oxygen atoms in total. The molecule has 0 atom stereocenters. The molecule has 0 bridgehead atoms. The molecule has 13 heavy (non-hydrogen) atoms. The Morgan fingerprint density at radius 1 is 1.23 bits per heavy atom. The highest BCUT2D eigenvalue weighted by atomic mass is 16.2. The molecule has 2 heteroatoms. The maximum atomic E-state index is 11.2. The van der Waals surface area contributed by atoms with E-state index in [4.69, 9.17) is 5.11 Å². The Kier molecular flexibility index (Phi) is 6.83. The number of Topliss-reactive ketones (excluding diaryl/α,β-unsaturated/α-hetero) is 1. The molecule has 0 aliphatic carbocycles. The Morgan fingerprint density at radius 3 is 2.23 bits per heavy atom. The number of ketones is 1. The van der Waals surface area contributed by atoms with Gasteiger partial charge in [0.25, 0.3) is 0 Å². The quantitative estimate of drug-likeness (QED) is 0.724. The molecule has 0 unspecified atom stereocenters. The Hall–Kier alpha value is -1.15. The predicted octanol–water partition coefficient (Wildman–Crippen LogP) is 2.28. The molecule has 1 N–H and O–H groups in total. The first-order valence-electron chi connectivity index (χ1n) is 4.37. The summed E-state index contributed by atoms with van der Waals surface area (Å²) in [6.45, 7) is 2.01. The Balaban J connectivity index is 0.000000671. The average molecular weight is 180 g/mol. The molecule has 0 saturated heterocycles. The summed E-state index contributed by atoms with van der Waals surface area (Å²) in [6.07, 6.45) is 1.58. The summed E-state index contributed by atoms with van der Waals surface area (Å²) in [7, 11) is 1.00. The minimum Gasteiger partial charge on any atom is -0.400 e. The van der Waals surface area contributed by atoms with Gasteiger partial charge in [0.05, 0.1) is 0 Å². The van der Waals surface area contributed by atoms with Crippen molar-refractivity contribution in [3.05, 3.63) is 35.9 Å². The molecule has 1 rings (SSSR count). The highest BCUT2D eigenvalue weighted by molar-refractivity contribution is 5.95. The molecule has 1 aromatic carbocycles. The van der Waals surface area contributed by atoms with Gasteiger partial charge in [0.2, 0.25) is 0 Å². The minimum atomic E-state index is 0.244. The van der Waals surface area contributed by atoms with Crippen molar-refractivity contribution in [2.45, 2.75) is 19.8 Å². The SMILES string of the molecule is CCCC(=O)c1ccccc1.CO. The first-order valence-corrected chi connectivity index (χ1v) is 4.37. The standard InChI is InChI=1S/C10H12O.CH4O/c1-2-6-10(11)9-7-4-3-5-8-9;1-2/h3-5,7-8H,2,6H2,1H3;2H,1H3. The van der Waals surface area contributed by atoms with Gasteiger partial charge in [-0.25, -0.2) is 0 Å². The molecule has 0 heterocycles. The largest absolute Gasteiger partial charge is 0.400 e. The molecule has 0 radical (unpaired) electrons. The van der Waals surface area contributed by atoms with Gasteiger partial charge in [0, 0.05) is 19.1 Å². The Bertz CT molecular complexity index is 229. The molecular formula is C11H16O2. The minimum absolute atomic E-state index is 0.244. The third-order valence-electron chi connectivity index (χ3n) is 1.57. The molecule has 0 aliphatic rings. The highest BCUT2D eigenvalue weighted by Gasteiger charge is 2.01. The van der Waals surface area contributed by atoms with Crippen molar-refractivity contribution in [1.82, 2.24) is 0 Å². The van der Waals surface area contributed by atoms with E-state index >= 15 is 0 Å². The van der Waals surface area contributed by atoms with E-state index in [2.05, 4.69) is 0 Å². The van der Waals surface area contributed by atoms with E-state index in [1.54, 1.807) is 0 Å². The number of aliphatic hydroxyl groups is 1. The summed E-state index contributed by atoms with van der Waals surface area (Å²) in [5.74, 6) is 0.244. The lowest BCUT2D eigenvalue weighted by Crippen LogP contribution is -1.96. The van der Waals surface area contributed by atoms with E-state index in [-0.39, 0.29) is 5.78 Å². The van der Waals surface area contributed by atoms with Crippen molar-refractivity contribution in [1.29, 1.82) is 0 Å². The summed E-state index contributed by atoms with van der Waals surface area (Å²) < 4.78 is 0. The zero-order chi connectivity index (χ0) is 10.1. The van der Waals surface area contributed by atoms with Gasteiger partial charge in [-0.15, -0.1) is 0 Å². The first kappa shape index (κ1) is 11.8. The van der Waals surface area contributed by atoms with Crippen LogP contribution in [0.5, 0.6) is 0 Å². The average Bonchev–Trinajstić information content (AvgIpc) is 2.23. The molecule has 0 aromatic heterocycles. The van der Waals surface area contributed by atoms with Crippen LogP contribution in [-0.2, 0) is 0 Å². The second-order valence-electron chi connectivity index (χ2n) is 2.54. The summed E-state index contributed by atoms with van der Waals surface area (Å²) >= 11 is 0. The number of carbonyl (C=O) groups is 1. The molecule has 0 amide bonds. The van der Waals surface area contributed by atoms with E-state index in [0.717, 1.165) is 19.1 Å². The maximum Gasteiger partial charge on any atom is 0.162 e. The number of hydrogen-bond acceptors (Lipinski definition) is 2. The maximum absolute atomic E-state index is 11.2. The number of aliphatic hydroxyl groups excluding tert-OH is 1. The van der Waals surface area contributed by atoms with E-state index in [1.165, 1.54) is 0 Å². The van der Waals surface area contributed by atoms with Crippen LogP contribution in [-0.4, -0.2) is 18.0 Å². The third-order valence-corrected chi connectivity index (χ3v) is 1.57. The number of benzene rings is 1. The van der Waals surface area contributed by atoms with Gasteiger partial charge in [-0.05, 0) is 6.42 Å². The van der Waals surface area contributed by atoms with Crippen molar-refractivity contribution in [3.8, 4) is 0 Å². The van der Waals surface area contributed by atoms with Crippen molar-refractivity contribution in [3.63, 3.8) is 0 Å². The van der Waals surface area contributed by atoms with E-state index < -0.39 is 0 Å². The topological polar surface area (TPSA) is 37.3 Å². The van der Waals surface area contributed by atoms with E-state index in [9.17, 15) is 4.79 Å². The highest BCUT2D eigenvalue weighted by Crippen LogP contribution is 2.03. The molecular weight excluding hydrogens is 164 g/mol. The Morgan fingerprint density at radius 2 is 1.77 bits per heavy atom. The molecule has 1 aromatic rings. The van der Waals surface area contributed by atoms with Crippen LogP contribution in [0, 0.1) is 0 Å². The predicted molar refractivity (Wildman–Crippen MR) is 53.8 cm³/mol. The fourth-order valence-corrected chi connectivity index (χ4v) is 0.995. The van der Waals surface area contributed by atoms with Crippen molar-refractivity contribution < 1.29 is 9.90 Å². The van der Waals surface area contributed by atoms with Crippen molar-refractivity contribution in [2.75, 3.05) is 7.11 Å². The van der Waals surface area contributed by atoms with Crippen molar-refractivity contribution >= 4 is 5.78 Å². The van der Waals surface area contributed by atoms with Crippen LogP contribution in [0.3, 0.4) is 0 Å². The lowest BCUT2D eigenvalue weighted by atomic mass is 10.1. The van der Waals surface area contributed by atoms with Crippen LogP contribution in [0.1, 0.15) is 30.1 Å². The van der Waals surface area contributed by atoms with Crippen LogP contribution in [0.2, 0.25) is 0 Å². The monoisotopic (exact) mass is 180 g/mol. The lowest BCUT2D eigenvalue weighted by molar-refractivity contribution is 0.0982. The van der Waals surface area contributed by atoms with E-state index in [1.807, 2.05) is 37.3 Å². The summed E-state index contributed by atoms with van der Waals surface area (Å²) in [5.41, 5.74) is 0.828. The zero-order valence-electron chi connectivity index (χ0n) is 8.16. The zero-order valence-corrected chi connectivity index (χ0v) is 8.16. The summed E-state index contributed by atoms with van der Waals surface area (Å²) in [6, 6.07) is 9.42. The molecule has 72 valence electrons. The van der Waals surface area contributed by atoms with Crippen LogP contribution < -0.4 is 0 Å². The normalized spacial score (nSPS) is 8.54. The second kappa shape index (κ2) is 7.50. The number of carbonyl (C=O) groups excluding carboxylic acids is 1. The van der Waals surface area contributed by atoms with Crippen LogP contribution >= 0.6 is 0 Å². The van der Waals surface area contributed by atoms with Gasteiger partial charge in [0.1, 0.15) is 0 Å². The summed E-state index contributed by atoms with van der Waals surface area (Å²) in [4.78, 5) is 11.2.